The first-order chi connectivity index (χ1) is 8.92. The molecular formula is C16H24N2O. The van der Waals surface area contributed by atoms with Crippen LogP contribution in [0.2, 0.25) is 0 Å². The minimum absolute atomic E-state index is 0.0547. The van der Waals surface area contributed by atoms with E-state index in [4.69, 9.17) is 5.73 Å². The number of carbonyl (C=O) groups is 1. The molecule has 0 radical (unpaired) electrons. The summed E-state index contributed by atoms with van der Waals surface area (Å²) >= 11 is 0. The fraction of sp³-hybridized carbons (Fsp3) is 0.562. The van der Waals surface area contributed by atoms with Crippen LogP contribution in [-0.4, -0.2) is 12.5 Å². The van der Waals surface area contributed by atoms with Gasteiger partial charge in [-0.05, 0) is 23.3 Å². The maximum atomic E-state index is 12.1. The highest BCUT2D eigenvalue weighted by Gasteiger charge is 2.45. The predicted molar refractivity (Wildman–Crippen MR) is 77.4 cm³/mol. The van der Waals surface area contributed by atoms with Crippen LogP contribution in [0.3, 0.4) is 0 Å². The molecule has 1 aromatic carbocycles. The van der Waals surface area contributed by atoms with Crippen molar-refractivity contribution in [2.45, 2.75) is 33.2 Å². The van der Waals surface area contributed by atoms with Crippen molar-refractivity contribution in [2.75, 3.05) is 6.54 Å². The van der Waals surface area contributed by atoms with Crippen molar-refractivity contribution in [1.29, 1.82) is 0 Å². The van der Waals surface area contributed by atoms with E-state index in [1.807, 2.05) is 37.3 Å². The minimum atomic E-state index is -0.242. The fourth-order valence-corrected chi connectivity index (χ4v) is 2.44. The van der Waals surface area contributed by atoms with Crippen LogP contribution < -0.4 is 11.1 Å². The Balaban J connectivity index is 1.85. The van der Waals surface area contributed by atoms with Crippen molar-refractivity contribution in [3.05, 3.63) is 35.9 Å². The van der Waals surface area contributed by atoms with Gasteiger partial charge >= 0.3 is 0 Å². The van der Waals surface area contributed by atoms with E-state index in [0.29, 0.717) is 11.3 Å². The molecule has 1 aromatic rings. The van der Waals surface area contributed by atoms with Crippen LogP contribution in [0.1, 0.15) is 38.8 Å². The van der Waals surface area contributed by atoms with Gasteiger partial charge < -0.3 is 11.1 Å². The SMILES string of the molecule is CC(C(=O)NCC1CC1(C)C)C(N)c1ccccc1. The van der Waals surface area contributed by atoms with Gasteiger partial charge in [0.1, 0.15) is 0 Å². The Morgan fingerprint density at radius 3 is 2.53 bits per heavy atom. The molecule has 0 spiro atoms. The Kier molecular flexibility index (Phi) is 3.95. The molecule has 1 fully saturated rings. The standard InChI is InChI=1S/C16H24N2O/c1-11(14(17)12-7-5-4-6-8-12)15(19)18-10-13-9-16(13,2)3/h4-8,11,13-14H,9-10,17H2,1-3H3,(H,18,19). The maximum absolute atomic E-state index is 12.1. The molecule has 2 rings (SSSR count). The monoisotopic (exact) mass is 260 g/mol. The average molecular weight is 260 g/mol. The quantitative estimate of drug-likeness (QED) is 0.854. The lowest BCUT2D eigenvalue weighted by molar-refractivity contribution is -0.125. The highest BCUT2D eigenvalue weighted by molar-refractivity contribution is 5.79. The first kappa shape index (κ1) is 14.1. The maximum Gasteiger partial charge on any atom is 0.224 e. The number of benzene rings is 1. The summed E-state index contributed by atoms with van der Waals surface area (Å²) in [7, 11) is 0. The van der Waals surface area contributed by atoms with E-state index >= 15 is 0 Å². The van der Waals surface area contributed by atoms with Crippen LogP contribution in [0.15, 0.2) is 30.3 Å². The van der Waals surface area contributed by atoms with Crippen molar-refractivity contribution in [3.8, 4) is 0 Å². The van der Waals surface area contributed by atoms with Gasteiger partial charge in [0.2, 0.25) is 5.91 Å². The summed E-state index contributed by atoms with van der Waals surface area (Å²) in [6, 6.07) is 9.56. The van der Waals surface area contributed by atoms with Gasteiger partial charge in [-0.3, -0.25) is 4.79 Å². The number of amides is 1. The first-order valence-corrected chi connectivity index (χ1v) is 7.00. The van der Waals surface area contributed by atoms with Crippen molar-refractivity contribution in [1.82, 2.24) is 5.32 Å². The van der Waals surface area contributed by atoms with Gasteiger partial charge in [0.05, 0.1) is 5.92 Å². The Morgan fingerprint density at radius 1 is 1.42 bits per heavy atom. The second-order valence-corrected chi connectivity index (χ2v) is 6.36. The molecule has 1 saturated carbocycles. The number of hydrogen-bond acceptors (Lipinski definition) is 2. The molecule has 3 heteroatoms. The first-order valence-electron chi connectivity index (χ1n) is 7.00. The van der Waals surface area contributed by atoms with E-state index in [1.165, 1.54) is 6.42 Å². The molecule has 0 heterocycles. The van der Waals surface area contributed by atoms with E-state index in [-0.39, 0.29) is 17.9 Å². The molecule has 3 N–H and O–H groups in total. The molecule has 0 saturated heterocycles. The van der Waals surface area contributed by atoms with E-state index in [2.05, 4.69) is 19.2 Å². The Bertz CT molecular complexity index is 441. The normalized spacial score (nSPS) is 23.5. The molecule has 3 unspecified atom stereocenters. The fourth-order valence-electron chi connectivity index (χ4n) is 2.44. The highest BCUT2D eigenvalue weighted by Crippen LogP contribution is 2.51. The van der Waals surface area contributed by atoms with Gasteiger partial charge in [0, 0.05) is 12.6 Å². The molecule has 3 atom stereocenters. The topological polar surface area (TPSA) is 55.1 Å². The zero-order valence-electron chi connectivity index (χ0n) is 12.0. The molecule has 1 aliphatic rings. The summed E-state index contributed by atoms with van der Waals surface area (Å²) in [6.07, 6.45) is 1.20. The Labute approximate surface area is 115 Å². The van der Waals surface area contributed by atoms with Crippen LogP contribution in [0.25, 0.3) is 0 Å². The molecule has 3 nitrogen and oxygen atoms in total. The number of carbonyl (C=O) groups excluding carboxylic acids is 1. The number of nitrogens with one attached hydrogen (secondary N) is 1. The molecule has 1 aliphatic carbocycles. The van der Waals surface area contributed by atoms with Gasteiger partial charge in [0.15, 0.2) is 0 Å². The molecule has 0 aromatic heterocycles. The number of rotatable bonds is 5. The molecule has 0 bridgehead atoms. The summed E-state index contributed by atoms with van der Waals surface area (Å²) < 4.78 is 0. The summed E-state index contributed by atoms with van der Waals surface area (Å²) in [4.78, 5) is 12.1. The van der Waals surface area contributed by atoms with Crippen LogP contribution in [0.5, 0.6) is 0 Å². The summed E-state index contributed by atoms with van der Waals surface area (Å²) in [5.41, 5.74) is 7.57. The van der Waals surface area contributed by atoms with Crippen LogP contribution >= 0.6 is 0 Å². The lowest BCUT2D eigenvalue weighted by Crippen LogP contribution is -2.36. The third kappa shape index (κ3) is 3.35. The van der Waals surface area contributed by atoms with Gasteiger partial charge in [-0.15, -0.1) is 0 Å². The second kappa shape index (κ2) is 5.33. The summed E-state index contributed by atoms with van der Waals surface area (Å²) in [5.74, 6) is 0.472. The van der Waals surface area contributed by atoms with Crippen LogP contribution in [-0.2, 0) is 4.79 Å². The second-order valence-electron chi connectivity index (χ2n) is 6.36. The molecule has 19 heavy (non-hydrogen) atoms. The molecule has 104 valence electrons. The smallest absolute Gasteiger partial charge is 0.224 e. The third-order valence-corrected chi connectivity index (χ3v) is 4.38. The average Bonchev–Trinajstić information content (AvgIpc) is 3.03. The van der Waals surface area contributed by atoms with Crippen molar-refractivity contribution in [3.63, 3.8) is 0 Å². The van der Waals surface area contributed by atoms with Crippen LogP contribution in [0, 0.1) is 17.3 Å². The van der Waals surface area contributed by atoms with E-state index < -0.39 is 0 Å². The Morgan fingerprint density at radius 2 is 2.00 bits per heavy atom. The zero-order valence-corrected chi connectivity index (χ0v) is 12.0. The number of nitrogens with two attached hydrogens (primary N) is 1. The molecular weight excluding hydrogens is 236 g/mol. The zero-order chi connectivity index (χ0) is 14.0. The summed E-state index contributed by atoms with van der Waals surface area (Å²) in [6.45, 7) is 7.15. The third-order valence-electron chi connectivity index (χ3n) is 4.38. The van der Waals surface area contributed by atoms with E-state index in [0.717, 1.165) is 12.1 Å². The largest absolute Gasteiger partial charge is 0.356 e. The van der Waals surface area contributed by atoms with Gasteiger partial charge in [-0.25, -0.2) is 0 Å². The van der Waals surface area contributed by atoms with Crippen molar-refractivity contribution in [2.24, 2.45) is 23.0 Å². The molecule has 0 aliphatic heterocycles. The van der Waals surface area contributed by atoms with Gasteiger partial charge in [0.25, 0.3) is 0 Å². The van der Waals surface area contributed by atoms with Crippen LogP contribution in [0.4, 0.5) is 0 Å². The predicted octanol–water partition coefficient (Wildman–Crippen LogP) is 2.48. The molecule has 1 amide bonds. The lowest BCUT2D eigenvalue weighted by atomic mass is 9.94. The van der Waals surface area contributed by atoms with E-state index in [9.17, 15) is 4.79 Å². The van der Waals surface area contributed by atoms with Gasteiger partial charge in [-0.2, -0.15) is 0 Å². The lowest BCUT2D eigenvalue weighted by Gasteiger charge is -2.20. The van der Waals surface area contributed by atoms with Crippen molar-refractivity contribution >= 4 is 5.91 Å². The number of hydrogen-bond donors (Lipinski definition) is 2. The van der Waals surface area contributed by atoms with E-state index in [1.54, 1.807) is 0 Å². The highest BCUT2D eigenvalue weighted by atomic mass is 16.1. The summed E-state index contributed by atoms with van der Waals surface area (Å²) in [5, 5.41) is 3.03. The Hall–Kier alpha value is -1.35. The van der Waals surface area contributed by atoms with Crippen molar-refractivity contribution < 1.29 is 4.79 Å². The van der Waals surface area contributed by atoms with Gasteiger partial charge in [-0.1, -0.05) is 51.1 Å². The minimum Gasteiger partial charge on any atom is -0.356 e.